The van der Waals surface area contributed by atoms with Gasteiger partial charge in [-0.25, -0.2) is 5.43 Å². The minimum absolute atomic E-state index is 0.269. The lowest BCUT2D eigenvalue weighted by Gasteiger charge is -2.20. The minimum Gasteiger partial charge on any atom is -0.497 e. The van der Waals surface area contributed by atoms with Crippen LogP contribution in [0.15, 0.2) is 40.9 Å². The average Bonchev–Trinajstić information content (AvgIpc) is 2.49. The van der Waals surface area contributed by atoms with E-state index in [1.807, 2.05) is 30.3 Å². The van der Waals surface area contributed by atoms with Gasteiger partial charge in [0.2, 0.25) is 0 Å². The fourth-order valence-electron chi connectivity index (χ4n) is 2.10. The Morgan fingerprint density at radius 3 is 2.19 bits per heavy atom. The number of halogens is 2. The summed E-state index contributed by atoms with van der Waals surface area (Å²) >= 11 is 9.71. The first-order valence-electron chi connectivity index (χ1n) is 6.23. The highest BCUT2D eigenvalue weighted by Gasteiger charge is 2.17. The summed E-state index contributed by atoms with van der Waals surface area (Å²) in [5, 5.41) is 0.620. The van der Waals surface area contributed by atoms with Crippen LogP contribution in [0.25, 0.3) is 0 Å². The molecule has 0 aromatic heterocycles. The van der Waals surface area contributed by atoms with Crippen LogP contribution in [0.3, 0.4) is 0 Å². The monoisotopic (exact) mass is 370 g/mol. The third-order valence-electron chi connectivity index (χ3n) is 3.15. The van der Waals surface area contributed by atoms with Crippen LogP contribution in [0.4, 0.5) is 0 Å². The lowest BCUT2D eigenvalue weighted by atomic mass is 9.98. The van der Waals surface area contributed by atoms with E-state index in [1.165, 1.54) is 0 Å². The van der Waals surface area contributed by atoms with Crippen LogP contribution in [-0.4, -0.2) is 14.2 Å². The molecule has 2 aromatic rings. The summed E-state index contributed by atoms with van der Waals surface area (Å²) in [6.45, 7) is 0. The quantitative estimate of drug-likeness (QED) is 0.622. The number of ether oxygens (including phenoxy) is 2. The highest BCUT2D eigenvalue weighted by molar-refractivity contribution is 9.10. The van der Waals surface area contributed by atoms with Crippen molar-refractivity contribution < 1.29 is 9.47 Å². The molecular weight excluding hydrogens is 356 g/mol. The standard InChI is InChI=1S/C15H16BrClN2O2/c1-20-11-5-9(6-12(8-11)21-2)15(19-18)13-4-3-10(16)7-14(13)17/h3-8,15,19H,18H2,1-2H3. The Bertz CT molecular complexity index is 615. The molecule has 0 fully saturated rings. The van der Waals surface area contributed by atoms with Crippen molar-refractivity contribution in [1.82, 2.24) is 5.43 Å². The van der Waals surface area contributed by atoms with Crippen LogP contribution < -0.4 is 20.7 Å². The molecule has 0 saturated carbocycles. The van der Waals surface area contributed by atoms with Gasteiger partial charge >= 0.3 is 0 Å². The molecule has 6 heteroatoms. The number of hydrazine groups is 1. The van der Waals surface area contributed by atoms with Crippen LogP contribution in [0, 0.1) is 0 Å². The zero-order valence-corrected chi connectivity index (χ0v) is 14.0. The molecular formula is C15H16BrClN2O2. The van der Waals surface area contributed by atoms with E-state index in [2.05, 4.69) is 21.4 Å². The van der Waals surface area contributed by atoms with Crippen molar-refractivity contribution in [2.75, 3.05) is 14.2 Å². The van der Waals surface area contributed by atoms with Gasteiger partial charge < -0.3 is 9.47 Å². The number of methoxy groups -OCH3 is 2. The second kappa shape index (κ2) is 7.13. The van der Waals surface area contributed by atoms with E-state index in [9.17, 15) is 0 Å². The topological polar surface area (TPSA) is 56.5 Å². The predicted molar refractivity (Wildman–Crippen MR) is 87.9 cm³/mol. The number of hydrogen-bond acceptors (Lipinski definition) is 4. The first kappa shape index (κ1) is 16.1. The molecule has 112 valence electrons. The van der Waals surface area contributed by atoms with E-state index in [-0.39, 0.29) is 6.04 Å². The third kappa shape index (κ3) is 3.68. The average molecular weight is 372 g/mol. The van der Waals surface area contributed by atoms with E-state index in [1.54, 1.807) is 20.3 Å². The Kier molecular flexibility index (Phi) is 5.47. The summed E-state index contributed by atoms with van der Waals surface area (Å²) in [7, 11) is 3.21. The normalized spacial score (nSPS) is 12.0. The molecule has 21 heavy (non-hydrogen) atoms. The highest BCUT2D eigenvalue weighted by Crippen LogP contribution is 2.33. The number of nitrogens with two attached hydrogens (primary N) is 1. The summed E-state index contributed by atoms with van der Waals surface area (Å²) < 4.78 is 11.5. The van der Waals surface area contributed by atoms with Crippen molar-refractivity contribution in [3.63, 3.8) is 0 Å². The smallest absolute Gasteiger partial charge is 0.122 e. The molecule has 0 aliphatic heterocycles. The predicted octanol–water partition coefficient (Wildman–Crippen LogP) is 3.67. The van der Waals surface area contributed by atoms with Gasteiger partial charge in [-0.1, -0.05) is 33.6 Å². The maximum Gasteiger partial charge on any atom is 0.122 e. The van der Waals surface area contributed by atoms with Gasteiger partial charge in [-0.2, -0.15) is 0 Å². The van der Waals surface area contributed by atoms with Crippen molar-refractivity contribution in [3.05, 3.63) is 57.0 Å². The van der Waals surface area contributed by atoms with Gasteiger partial charge in [-0.05, 0) is 35.4 Å². The summed E-state index contributed by atoms with van der Waals surface area (Å²) in [5.41, 5.74) is 4.56. The molecule has 1 unspecified atom stereocenters. The third-order valence-corrected chi connectivity index (χ3v) is 3.97. The zero-order valence-electron chi connectivity index (χ0n) is 11.7. The number of benzene rings is 2. The molecule has 4 nitrogen and oxygen atoms in total. The highest BCUT2D eigenvalue weighted by atomic mass is 79.9. The Hall–Kier alpha value is -1.27. The molecule has 0 radical (unpaired) electrons. The van der Waals surface area contributed by atoms with Crippen LogP contribution in [0.5, 0.6) is 11.5 Å². The van der Waals surface area contributed by atoms with Crippen molar-refractivity contribution in [3.8, 4) is 11.5 Å². The summed E-state index contributed by atoms with van der Waals surface area (Å²) in [4.78, 5) is 0. The molecule has 0 spiro atoms. The van der Waals surface area contributed by atoms with E-state index in [0.29, 0.717) is 16.5 Å². The van der Waals surface area contributed by atoms with Crippen molar-refractivity contribution in [2.45, 2.75) is 6.04 Å². The number of hydrogen-bond donors (Lipinski definition) is 2. The molecule has 0 aliphatic carbocycles. The molecule has 0 heterocycles. The van der Waals surface area contributed by atoms with Crippen molar-refractivity contribution in [2.24, 2.45) is 5.84 Å². The fraction of sp³-hybridized carbons (Fsp3) is 0.200. The summed E-state index contributed by atoms with van der Waals surface area (Å²) in [5.74, 6) is 7.11. The van der Waals surface area contributed by atoms with Crippen LogP contribution in [0.2, 0.25) is 5.02 Å². The molecule has 0 bridgehead atoms. The Morgan fingerprint density at radius 1 is 1.10 bits per heavy atom. The summed E-state index contributed by atoms with van der Waals surface area (Å²) in [6, 6.07) is 11.0. The first-order valence-corrected chi connectivity index (χ1v) is 7.40. The van der Waals surface area contributed by atoms with Gasteiger partial charge in [0.05, 0.1) is 20.3 Å². The summed E-state index contributed by atoms with van der Waals surface area (Å²) in [6.07, 6.45) is 0. The number of rotatable bonds is 5. The lowest BCUT2D eigenvalue weighted by Crippen LogP contribution is -2.29. The molecule has 0 saturated heterocycles. The van der Waals surface area contributed by atoms with Gasteiger partial charge in [0.1, 0.15) is 11.5 Å². The molecule has 2 aromatic carbocycles. The van der Waals surface area contributed by atoms with Crippen LogP contribution in [-0.2, 0) is 0 Å². The van der Waals surface area contributed by atoms with Gasteiger partial charge in [0, 0.05) is 15.6 Å². The molecule has 0 aliphatic rings. The van der Waals surface area contributed by atoms with E-state index in [0.717, 1.165) is 15.6 Å². The van der Waals surface area contributed by atoms with E-state index < -0.39 is 0 Å². The van der Waals surface area contributed by atoms with Crippen molar-refractivity contribution in [1.29, 1.82) is 0 Å². The SMILES string of the molecule is COc1cc(OC)cc(C(NN)c2ccc(Br)cc2Cl)c1. The molecule has 3 N–H and O–H groups in total. The van der Waals surface area contributed by atoms with E-state index >= 15 is 0 Å². The molecule has 0 amide bonds. The fourth-order valence-corrected chi connectivity index (χ4v) is 2.88. The molecule has 1 atom stereocenters. The van der Waals surface area contributed by atoms with E-state index in [4.69, 9.17) is 26.9 Å². The van der Waals surface area contributed by atoms with Gasteiger partial charge in [-0.3, -0.25) is 5.84 Å². The van der Waals surface area contributed by atoms with Gasteiger partial charge in [0.15, 0.2) is 0 Å². The Labute approximate surface area is 137 Å². The largest absolute Gasteiger partial charge is 0.497 e. The second-order valence-corrected chi connectivity index (χ2v) is 5.73. The van der Waals surface area contributed by atoms with Crippen LogP contribution in [0.1, 0.15) is 17.2 Å². The number of nitrogens with one attached hydrogen (secondary N) is 1. The second-order valence-electron chi connectivity index (χ2n) is 4.41. The maximum absolute atomic E-state index is 6.31. The first-order chi connectivity index (χ1) is 10.1. The van der Waals surface area contributed by atoms with Gasteiger partial charge in [0.25, 0.3) is 0 Å². The zero-order chi connectivity index (χ0) is 15.4. The van der Waals surface area contributed by atoms with Crippen molar-refractivity contribution >= 4 is 27.5 Å². The van der Waals surface area contributed by atoms with Crippen LogP contribution >= 0.6 is 27.5 Å². The Morgan fingerprint density at radius 2 is 1.71 bits per heavy atom. The maximum atomic E-state index is 6.31. The Balaban J connectivity index is 2.50. The van der Waals surface area contributed by atoms with Gasteiger partial charge in [-0.15, -0.1) is 0 Å². The minimum atomic E-state index is -0.269. The molecule has 2 rings (SSSR count). The lowest BCUT2D eigenvalue weighted by molar-refractivity contribution is 0.392.